The molecule has 0 saturated heterocycles. The van der Waals surface area contributed by atoms with Crippen molar-refractivity contribution < 1.29 is 4.79 Å². The fourth-order valence-corrected chi connectivity index (χ4v) is 3.78. The number of nitrogens with one attached hydrogen (secondary N) is 1. The van der Waals surface area contributed by atoms with Crippen LogP contribution in [0, 0.1) is 0 Å². The van der Waals surface area contributed by atoms with Crippen molar-refractivity contribution in [1.29, 1.82) is 0 Å². The zero-order chi connectivity index (χ0) is 19.9. The molecule has 0 aliphatic carbocycles. The van der Waals surface area contributed by atoms with Crippen LogP contribution in [0.2, 0.25) is 0 Å². The Morgan fingerprint density at radius 3 is 1.82 bits per heavy atom. The maximum Gasteiger partial charge on any atom is 0.251 e. The summed E-state index contributed by atoms with van der Waals surface area (Å²) in [5.41, 5.74) is 0.758. The van der Waals surface area contributed by atoms with Gasteiger partial charge in [-0.2, -0.15) is 0 Å². The lowest BCUT2D eigenvalue weighted by Crippen LogP contribution is -2.24. The van der Waals surface area contributed by atoms with E-state index in [4.69, 9.17) is 0 Å². The summed E-state index contributed by atoms with van der Waals surface area (Å²) in [5.74, 6) is 0.0460. The zero-order valence-electron chi connectivity index (χ0n) is 17.8. The van der Waals surface area contributed by atoms with Crippen LogP contribution in [0.25, 0.3) is 10.8 Å². The highest BCUT2D eigenvalue weighted by Gasteiger charge is 2.05. The molecule has 0 atom stereocenters. The molecule has 0 saturated carbocycles. The normalized spacial score (nSPS) is 11.0. The summed E-state index contributed by atoms with van der Waals surface area (Å²) < 4.78 is 0. The first-order valence-corrected chi connectivity index (χ1v) is 11.6. The summed E-state index contributed by atoms with van der Waals surface area (Å²) in [4.78, 5) is 12.3. The second-order valence-electron chi connectivity index (χ2n) is 8.06. The summed E-state index contributed by atoms with van der Waals surface area (Å²) in [5, 5.41) is 5.36. The van der Waals surface area contributed by atoms with Crippen molar-refractivity contribution in [1.82, 2.24) is 5.32 Å². The molecule has 1 amide bonds. The summed E-state index contributed by atoms with van der Waals surface area (Å²) in [6.07, 6.45) is 17.6. The molecule has 2 aromatic carbocycles. The molecular formula is C26H39NO. The lowest BCUT2D eigenvalue weighted by Gasteiger charge is -2.07. The zero-order valence-corrected chi connectivity index (χ0v) is 17.8. The minimum absolute atomic E-state index is 0.0460. The fourth-order valence-electron chi connectivity index (χ4n) is 3.78. The van der Waals surface area contributed by atoms with E-state index in [0.717, 1.165) is 23.9 Å². The van der Waals surface area contributed by atoms with Gasteiger partial charge in [-0.25, -0.2) is 0 Å². The van der Waals surface area contributed by atoms with Gasteiger partial charge >= 0.3 is 0 Å². The van der Waals surface area contributed by atoms with Crippen LogP contribution in [0.1, 0.15) is 101 Å². The Morgan fingerprint density at radius 2 is 1.21 bits per heavy atom. The third-order valence-electron chi connectivity index (χ3n) is 5.58. The van der Waals surface area contributed by atoms with Gasteiger partial charge in [0.2, 0.25) is 0 Å². The van der Waals surface area contributed by atoms with Gasteiger partial charge in [0.25, 0.3) is 5.91 Å². The van der Waals surface area contributed by atoms with E-state index in [2.05, 4.69) is 24.4 Å². The summed E-state index contributed by atoms with van der Waals surface area (Å²) >= 11 is 0. The number of hydrogen-bond acceptors (Lipinski definition) is 1. The molecule has 0 aromatic heterocycles. The Balaban J connectivity index is 1.44. The molecule has 2 nitrogen and oxygen atoms in total. The minimum atomic E-state index is 0.0460. The van der Waals surface area contributed by atoms with Crippen LogP contribution >= 0.6 is 0 Å². The highest BCUT2D eigenvalue weighted by molar-refractivity contribution is 5.98. The largest absolute Gasteiger partial charge is 0.352 e. The third-order valence-corrected chi connectivity index (χ3v) is 5.58. The lowest BCUT2D eigenvalue weighted by atomic mass is 10.0. The topological polar surface area (TPSA) is 29.1 Å². The van der Waals surface area contributed by atoms with Gasteiger partial charge in [0, 0.05) is 12.1 Å². The molecule has 0 fully saturated rings. The predicted molar refractivity (Wildman–Crippen MR) is 122 cm³/mol. The van der Waals surface area contributed by atoms with E-state index in [1.807, 2.05) is 30.3 Å². The van der Waals surface area contributed by atoms with Gasteiger partial charge < -0.3 is 5.32 Å². The molecule has 0 unspecified atom stereocenters. The molecule has 0 bridgehead atoms. The highest BCUT2D eigenvalue weighted by Crippen LogP contribution is 2.16. The number of hydrogen-bond donors (Lipinski definition) is 1. The van der Waals surface area contributed by atoms with Gasteiger partial charge in [-0.15, -0.1) is 0 Å². The smallest absolute Gasteiger partial charge is 0.251 e. The van der Waals surface area contributed by atoms with Crippen molar-refractivity contribution in [2.24, 2.45) is 0 Å². The average Bonchev–Trinajstić information content (AvgIpc) is 2.73. The second-order valence-corrected chi connectivity index (χ2v) is 8.06. The maximum absolute atomic E-state index is 12.3. The molecule has 0 aliphatic rings. The van der Waals surface area contributed by atoms with Crippen molar-refractivity contribution in [3.05, 3.63) is 48.0 Å². The number of fused-ring (bicyclic) bond motifs is 1. The maximum atomic E-state index is 12.3. The molecule has 2 rings (SSSR count). The van der Waals surface area contributed by atoms with Crippen molar-refractivity contribution in [2.45, 2.75) is 90.4 Å². The first kappa shape index (κ1) is 22.5. The summed E-state index contributed by atoms with van der Waals surface area (Å²) in [7, 11) is 0. The average molecular weight is 382 g/mol. The van der Waals surface area contributed by atoms with Gasteiger partial charge in [-0.05, 0) is 29.3 Å². The van der Waals surface area contributed by atoms with E-state index in [1.54, 1.807) is 0 Å². The van der Waals surface area contributed by atoms with Crippen molar-refractivity contribution in [3.8, 4) is 0 Å². The monoisotopic (exact) mass is 381 g/mol. The third kappa shape index (κ3) is 8.91. The molecule has 0 radical (unpaired) electrons. The quantitative estimate of drug-likeness (QED) is 0.315. The van der Waals surface area contributed by atoms with Gasteiger partial charge in [0.1, 0.15) is 0 Å². The van der Waals surface area contributed by atoms with Crippen LogP contribution in [-0.2, 0) is 0 Å². The standard InChI is InChI=1S/C26H39NO/c1-2-3-4-5-6-7-8-9-10-11-12-13-16-21-27-26(28)25-20-19-23-17-14-15-18-24(23)22-25/h14-15,17-20,22H,2-13,16,21H2,1H3,(H,27,28). The van der Waals surface area contributed by atoms with Gasteiger partial charge in [-0.3, -0.25) is 4.79 Å². The second kappa shape index (κ2) is 14.2. The first-order valence-electron chi connectivity index (χ1n) is 11.6. The molecule has 2 aromatic rings. The van der Waals surface area contributed by atoms with Crippen molar-refractivity contribution >= 4 is 16.7 Å². The molecule has 1 N–H and O–H groups in total. The summed E-state index contributed by atoms with van der Waals surface area (Å²) in [6, 6.07) is 14.1. The molecule has 28 heavy (non-hydrogen) atoms. The molecule has 0 spiro atoms. The van der Waals surface area contributed by atoms with Crippen LogP contribution < -0.4 is 5.32 Å². The van der Waals surface area contributed by atoms with Crippen LogP contribution in [0.15, 0.2) is 42.5 Å². The Labute approximate surface area is 172 Å². The molecule has 2 heteroatoms. The highest BCUT2D eigenvalue weighted by atomic mass is 16.1. The van der Waals surface area contributed by atoms with Gasteiger partial charge in [-0.1, -0.05) is 114 Å². The van der Waals surface area contributed by atoms with Crippen molar-refractivity contribution in [2.75, 3.05) is 6.54 Å². The Morgan fingerprint density at radius 1 is 0.679 bits per heavy atom. The number of benzene rings is 2. The molecule has 0 aliphatic heterocycles. The van der Waals surface area contributed by atoms with Crippen LogP contribution in [0.3, 0.4) is 0 Å². The van der Waals surface area contributed by atoms with E-state index in [-0.39, 0.29) is 5.91 Å². The van der Waals surface area contributed by atoms with E-state index in [0.29, 0.717) is 0 Å². The Hall–Kier alpha value is -1.83. The summed E-state index contributed by atoms with van der Waals surface area (Å²) in [6.45, 7) is 3.06. The molecule has 154 valence electrons. The number of unbranched alkanes of at least 4 members (excludes halogenated alkanes) is 12. The first-order chi connectivity index (χ1) is 13.8. The van der Waals surface area contributed by atoms with E-state index < -0.39 is 0 Å². The van der Waals surface area contributed by atoms with E-state index in [9.17, 15) is 4.79 Å². The van der Waals surface area contributed by atoms with Crippen LogP contribution in [0.4, 0.5) is 0 Å². The van der Waals surface area contributed by atoms with Gasteiger partial charge in [0.15, 0.2) is 0 Å². The lowest BCUT2D eigenvalue weighted by molar-refractivity contribution is 0.0953. The molecular weight excluding hydrogens is 342 g/mol. The van der Waals surface area contributed by atoms with Crippen LogP contribution in [0.5, 0.6) is 0 Å². The number of carbonyl (C=O) groups is 1. The Bertz CT molecular complexity index is 679. The Kier molecular flexibility index (Phi) is 11.4. The van der Waals surface area contributed by atoms with E-state index in [1.165, 1.54) is 82.4 Å². The van der Waals surface area contributed by atoms with Gasteiger partial charge in [0.05, 0.1) is 0 Å². The number of amides is 1. The van der Waals surface area contributed by atoms with Crippen LogP contribution in [-0.4, -0.2) is 12.5 Å². The minimum Gasteiger partial charge on any atom is -0.352 e. The fraction of sp³-hybridized carbons (Fsp3) is 0.577. The van der Waals surface area contributed by atoms with E-state index >= 15 is 0 Å². The SMILES string of the molecule is CCCCCCCCCCCCCCCNC(=O)c1ccc2ccccc2c1. The predicted octanol–water partition coefficient (Wildman–Crippen LogP) is 7.66. The number of rotatable bonds is 15. The number of carbonyl (C=O) groups excluding carboxylic acids is 1. The van der Waals surface area contributed by atoms with Crippen molar-refractivity contribution in [3.63, 3.8) is 0 Å². The molecule has 0 heterocycles.